The van der Waals surface area contributed by atoms with Crippen LogP contribution in [0.3, 0.4) is 0 Å². The van der Waals surface area contributed by atoms with Crippen molar-refractivity contribution in [1.29, 1.82) is 0 Å². The maximum absolute atomic E-state index is 13.4. The largest absolute Gasteiger partial charge is 0.506 e. The molecule has 0 aliphatic heterocycles. The first-order valence-electron chi connectivity index (χ1n) is 6.07. The monoisotopic (exact) mass is 314 g/mol. The number of hydrogen-bond donors (Lipinski definition) is 2. The first-order valence-corrected chi connectivity index (χ1v) is 6.45. The molecule has 0 fully saturated rings. The summed E-state index contributed by atoms with van der Waals surface area (Å²) >= 11 is 5.61. The molecule has 0 unspecified atom stereocenters. The molecule has 0 amide bonds. The molecule has 0 aliphatic carbocycles. The molecule has 0 spiro atoms. The number of rotatable bonds is 1. The number of carbonyl (C=O) groups is 1. The SMILES string of the molecule is CC(C)(C)OC(=O)n1c(B(O)O)cc2cc(F)c(Cl)nc21. The van der Waals surface area contributed by atoms with Gasteiger partial charge >= 0.3 is 13.2 Å². The van der Waals surface area contributed by atoms with Crippen LogP contribution in [0.4, 0.5) is 9.18 Å². The Hall–Kier alpha value is -1.64. The molecular formula is C12H13BClFN2O4. The zero-order valence-electron chi connectivity index (χ0n) is 11.6. The highest BCUT2D eigenvalue weighted by Crippen LogP contribution is 2.21. The Labute approximate surface area is 125 Å². The number of ether oxygens (including phenoxy) is 1. The van der Waals surface area contributed by atoms with Crippen LogP contribution >= 0.6 is 11.6 Å². The molecule has 2 rings (SSSR count). The Morgan fingerprint density at radius 1 is 1.43 bits per heavy atom. The summed E-state index contributed by atoms with van der Waals surface area (Å²) in [4.78, 5) is 16.0. The number of halogens is 2. The summed E-state index contributed by atoms with van der Waals surface area (Å²) < 4.78 is 19.5. The average molecular weight is 315 g/mol. The minimum Gasteiger partial charge on any atom is -0.443 e. The van der Waals surface area contributed by atoms with E-state index in [2.05, 4.69) is 4.98 Å². The van der Waals surface area contributed by atoms with Gasteiger partial charge in [0.05, 0.1) is 5.59 Å². The maximum atomic E-state index is 13.4. The Balaban J connectivity index is 2.66. The molecule has 6 nitrogen and oxygen atoms in total. The Bertz CT molecular complexity index is 711. The topological polar surface area (TPSA) is 84.6 Å². The van der Waals surface area contributed by atoms with Gasteiger partial charge in [-0.3, -0.25) is 0 Å². The molecule has 0 bridgehead atoms. The number of nitrogens with zero attached hydrogens (tertiary/aromatic N) is 2. The van der Waals surface area contributed by atoms with Crippen LogP contribution in [0.25, 0.3) is 11.0 Å². The molecule has 0 saturated carbocycles. The van der Waals surface area contributed by atoms with Crippen molar-refractivity contribution < 1.29 is 24.0 Å². The highest BCUT2D eigenvalue weighted by Gasteiger charge is 2.28. The van der Waals surface area contributed by atoms with Gasteiger partial charge in [0.15, 0.2) is 16.6 Å². The number of pyridine rings is 1. The van der Waals surface area contributed by atoms with E-state index >= 15 is 0 Å². The molecular weight excluding hydrogens is 301 g/mol. The molecule has 9 heteroatoms. The van der Waals surface area contributed by atoms with Gasteiger partial charge in [0, 0.05) is 5.39 Å². The van der Waals surface area contributed by atoms with Gasteiger partial charge in [-0.2, -0.15) is 0 Å². The van der Waals surface area contributed by atoms with Crippen LogP contribution in [-0.2, 0) is 4.74 Å². The van der Waals surface area contributed by atoms with Crippen LogP contribution in [0.1, 0.15) is 20.8 Å². The summed E-state index contributed by atoms with van der Waals surface area (Å²) in [6.45, 7) is 4.98. The van der Waals surface area contributed by atoms with Crippen molar-refractivity contribution >= 4 is 41.4 Å². The summed E-state index contributed by atoms with van der Waals surface area (Å²) in [5, 5.41) is 18.5. The van der Waals surface area contributed by atoms with Gasteiger partial charge in [0.25, 0.3) is 0 Å². The van der Waals surface area contributed by atoms with E-state index < -0.39 is 29.8 Å². The van der Waals surface area contributed by atoms with Gasteiger partial charge in [-0.25, -0.2) is 18.7 Å². The lowest BCUT2D eigenvalue weighted by Crippen LogP contribution is -2.41. The van der Waals surface area contributed by atoms with Gasteiger partial charge in [0.2, 0.25) is 0 Å². The van der Waals surface area contributed by atoms with Gasteiger partial charge in [0.1, 0.15) is 5.60 Å². The second-order valence-electron chi connectivity index (χ2n) is 5.43. The number of hydrogen-bond acceptors (Lipinski definition) is 5. The van der Waals surface area contributed by atoms with E-state index in [4.69, 9.17) is 16.3 Å². The van der Waals surface area contributed by atoms with Crippen LogP contribution in [0.5, 0.6) is 0 Å². The lowest BCUT2D eigenvalue weighted by atomic mass is 9.86. The van der Waals surface area contributed by atoms with E-state index in [0.717, 1.165) is 10.6 Å². The highest BCUT2D eigenvalue weighted by atomic mass is 35.5. The fourth-order valence-corrected chi connectivity index (χ4v) is 1.93. The van der Waals surface area contributed by atoms with Crippen molar-refractivity contribution in [1.82, 2.24) is 9.55 Å². The van der Waals surface area contributed by atoms with Crippen molar-refractivity contribution in [2.45, 2.75) is 26.4 Å². The van der Waals surface area contributed by atoms with E-state index in [0.29, 0.717) is 0 Å². The molecule has 2 N–H and O–H groups in total. The van der Waals surface area contributed by atoms with E-state index in [9.17, 15) is 19.2 Å². The van der Waals surface area contributed by atoms with Crippen LogP contribution in [-0.4, -0.2) is 38.4 Å². The van der Waals surface area contributed by atoms with Crippen molar-refractivity contribution in [3.8, 4) is 0 Å². The second kappa shape index (κ2) is 5.29. The summed E-state index contributed by atoms with van der Waals surface area (Å²) in [6.07, 6.45) is -0.865. The molecule has 112 valence electrons. The predicted octanol–water partition coefficient (Wildman–Crippen LogP) is 1.29. The summed E-state index contributed by atoms with van der Waals surface area (Å²) in [5.41, 5.74) is -0.998. The number of aromatic nitrogens is 2. The van der Waals surface area contributed by atoms with Crippen molar-refractivity contribution in [3.05, 3.63) is 23.1 Å². The molecule has 0 atom stereocenters. The van der Waals surface area contributed by atoms with Crippen LogP contribution in [0.15, 0.2) is 12.1 Å². The Kier molecular flexibility index (Phi) is 3.96. The zero-order chi connectivity index (χ0) is 15.9. The summed E-state index contributed by atoms with van der Waals surface area (Å²) in [5.74, 6) is -0.774. The van der Waals surface area contributed by atoms with E-state index in [1.54, 1.807) is 20.8 Å². The normalized spacial score (nSPS) is 11.8. The van der Waals surface area contributed by atoms with E-state index in [1.165, 1.54) is 6.07 Å². The third kappa shape index (κ3) is 3.17. The van der Waals surface area contributed by atoms with Crippen molar-refractivity contribution in [3.63, 3.8) is 0 Å². The van der Waals surface area contributed by atoms with Crippen LogP contribution in [0.2, 0.25) is 5.15 Å². The lowest BCUT2D eigenvalue weighted by molar-refractivity contribution is 0.0547. The van der Waals surface area contributed by atoms with Crippen LogP contribution in [0, 0.1) is 5.82 Å². The fraction of sp³-hybridized carbons (Fsp3) is 0.333. The molecule has 0 radical (unpaired) electrons. The first kappa shape index (κ1) is 15.7. The minimum atomic E-state index is -1.95. The van der Waals surface area contributed by atoms with Gasteiger partial charge in [-0.1, -0.05) is 11.6 Å². The minimum absolute atomic E-state index is 0.0150. The smallest absolute Gasteiger partial charge is 0.443 e. The van der Waals surface area contributed by atoms with Crippen LogP contribution < -0.4 is 5.59 Å². The number of fused-ring (bicyclic) bond motifs is 1. The van der Waals surface area contributed by atoms with Crippen molar-refractivity contribution in [2.75, 3.05) is 0 Å². The molecule has 21 heavy (non-hydrogen) atoms. The van der Waals surface area contributed by atoms with Gasteiger partial charge in [-0.05, 0) is 32.9 Å². The molecule has 2 aromatic heterocycles. The summed E-state index contributed by atoms with van der Waals surface area (Å²) in [6, 6.07) is 2.29. The molecule has 0 aromatic carbocycles. The molecule has 0 saturated heterocycles. The first-order chi connectivity index (χ1) is 9.60. The predicted molar refractivity (Wildman–Crippen MR) is 76.2 cm³/mol. The molecule has 2 heterocycles. The summed E-state index contributed by atoms with van der Waals surface area (Å²) in [7, 11) is -1.95. The van der Waals surface area contributed by atoms with E-state index in [1.807, 2.05) is 0 Å². The lowest BCUT2D eigenvalue weighted by Gasteiger charge is -2.20. The van der Waals surface area contributed by atoms with Gasteiger partial charge in [-0.15, -0.1) is 0 Å². The third-order valence-electron chi connectivity index (χ3n) is 2.56. The molecule has 2 aromatic rings. The maximum Gasteiger partial charge on any atom is 0.506 e. The standard InChI is InChI=1S/C12H13BClFN2O4/c1-12(2,3)21-11(18)17-8(13(19)20)5-6-4-7(15)9(14)16-10(6)17/h4-5,19-20H,1-3H3. The fourth-order valence-electron chi connectivity index (χ4n) is 1.79. The highest BCUT2D eigenvalue weighted by molar-refractivity contribution is 6.59. The zero-order valence-corrected chi connectivity index (χ0v) is 12.3. The Morgan fingerprint density at radius 2 is 2.05 bits per heavy atom. The van der Waals surface area contributed by atoms with Crippen molar-refractivity contribution in [2.24, 2.45) is 0 Å². The average Bonchev–Trinajstić information content (AvgIpc) is 2.66. The molecule has 0 aliphatic rings. The third-order valence-corrected chi connectivity index (χ3v) is 2.82. The quantitative estimate of drug-likeness (QED) is 0.612. The number of carbonyl (C=O) groups excluding carboxylic acids is 1. The Morgan fingerprint density at radius 3 is 2.57 bits per heavy atom. The van der Waals surface area contributed by atoms with E-state index in [-0.39, 0.29) is 16.6 Å². The second-order valence-corrected chi connectivity index (χ2v) is 5.79. The van der Waals surface area contributed by atoms with Gasteiger partial charge < -0.3 is 14.8 Å².